The zero-order valence-electron chi connectivity index (χ0n) is 10.6. The molecule has 0 atom stereocenters. The van der Waals surface area contributed by atoms with Crippen molar-refractivity contribution in [3.63, 3.8) is 0 Å². The molecule has 1 aliphatic carbocycles. The second kappa shape index (κ2) is 5.31. The highest BCUT2D eigenvalue weighted by molar-refractivity contribution is 9.10. The summed E-state index contributed by atoms with van der Waals surface area (Å²) >= 11 is 3.03. The molecule has 1 fully saturated rings. The monoisotopic (exact) mass is 336 g/mol. The van der Waals surface area contributed by atoms with E-state index in [2.05, 4.69) is 33.2 Å². The number of nitrogens with one attached hydrogen (secondary N) is 1. The van der Waals surface area contributed by atoms with Crippen LogP contribution in [0, 0.1) is 5.41 Å². The fraction of sp³-hybridized carbons (Fsp3) is 0.615. The maximum atomic E-state index is 12.9. The van der Waals surface area contributed by atoms with Gasteiger partial charge in [0, 0.05) is 17.2 Å². The lowest BCUT2D eigenvalue weighted by Crippen LogP contribution is -2.36. The highest BCUT2D eigenvalue weighted by Crippen LogP contribution is 2.44. The average molecular weight is 337 g/mol. The molecule has 1 heterocycles. The molecule has 1 aromatic rings. The van der Waals surface area contributed by atoms with Crippen LogP contribution in [0.4, 0.5) is 19.0 Å². The number of aromatic nitrogens is 1. The molecular formula is C13H16BrF3N2. The summed E-state index contributed by atoms with van der Waals surface area (Å²) in [6, 6.07) is 1.06. The van der Waals surface area contributed by atoms with Crippen LogP contribution in [0.15, 0.2) is 16.7 Å². The van der Waals surface area contributed by atoms with Crippen molar-refractivity contribution >= 4 is 21.7 Å². The first kappa shape index (κ1) is 14.6. The van der Waals surface area contributed by atoms with Gasteiger partial charge in [0.2, 0.25) is 0 Å². The maximum absolute atomic E-state index is 12.9. The Bertz CT molecular complexity index is 450. The normalized spacial score (nSPS) is 17.9. The highest BCUT2D eigenvalue weighted by atomic mass is 79.9. The molecule has 0 unspecified atom stereocenters. The first-order valence-electron chi connectivity index (χ1n) is 6.33. The second-order valence-corrected chi connectivity index (χ2v) is 6.02. The van der Waals surface area contributed by atoms with Crippen LogP contribution in [-0.2, 0) is 6.18 Å². The molecule has 2 nitrogen and oxygen atoms in total. The summed E-state index contributed by atoms with van der Waals surface area (Å²) in [4.78, 5) is 3.86. The Morgan fingerprint density at radius 2 is 2.11 bits per heavy atom. The molecule has 2 rings (SSSR count). The second-order valence-electron chi connectivity index (χ2n) is 5.11. The van der Waals surface area contributed by atoms with Gasteiger partial charge < -0.3 is 5.32 Å². The largest absolute Gasteiger partial charge is 0.419 e. The third kappa shape index (κ3) is 3.22. The van der Waals surface area contributed by atoms with E-state index >= 15 is 0 Å². The van der Waals surface area contributed by atoms with E-state index in [-0.39, 0.29) is 11.2 Å². The van der Waals surface area contributed by atoms with Crippen LogP contribution in [0.1, 0.15) is 38.2 Å². The molecule has 19 heavy (non-hydrogen) atoms. The Labute approximate surface area is 118 Å². The van der Waals surface area contributed by atoms with Gasteiger partial charge in [-0.2, -0.15) is 13.2 Å². The number of hydrogen-bond donors (Lipinski definition) is 1. The number of halogens is 4. The van der Waals surface area contributed by atoms with Crippen LogP contribution < -0.4 is 5.32 Å². The lowest BCUT2D eigenvalue weighted by atomic mass is 9.67. The molecule has 6 heteroatoms. The summed E-state index contributed by atoms with van der Waals surface area (Å²) in [7, 11) is 0. The zero-order valence-corrected chi connectivity index (χ0v) is 12.2. The van der Waals surface area contributed by atoms with Crippen LogP contribution in [0.25, 0.3) is 0 Å². The van der Waals surface area contributed by atoms with Crippen molar-refractivity contribution in [1.82, 2.24) is 4.98 Å². The van der Waals surface area contributed by atoms with E-state index < -0.39 is 11.7 Å². The Morgan fingerprint density at radius 1 is 1.42 bits per heavy atom. The van der Waals surface area contributed by atoms with Crippen LogP contribution >= 0.6 is 15.9 Å². The summed E-state index contributed by atoms with van der Waals surface area (Å²) in [5.74, 6) is -0.0737. The molecule has 0 bridgehead atoms. The SMILES string of the molecule is CCC1(CNc2ncc(Br)cc2C(F)(F)F)CCC1. The van der Waals surface area contributed by atoms with Gasteiger partial charge in [0.25, 0.3) is 0 Å². The summed E-state index contributed by atoms with van der Waals surface area (Å²) in [6.45, 7) is 2.64. The minimum Gasteiger partial charge on any atom is -0.369 e. The molecule has 0 aromatic carbocycles. The van der Waals surface area contributed by atoms with Gasteiger partial charge >= 0.3 is 6.18 Å². The molecule has 0 spiro atoms. The highest BCUT2D eigenvalue weighted by Gasteiger charge is 2.37. The Hall–Kier alpha value is -0.780. The topological polar surface area (TPSA) is 24.9 Å². The van der Waals surface area contributed by atoms with E-state index in [9.17, 15) is 13.2 Å². The fourth-order valence-corrected chi connectivity index (χ4v) is 2.73. The van der Waals surface area contributed by atoms with E-state index in [1.807, 2.05) is 0 Å². The van der Waals surface area contributed by atoms with E-state index in [4.69, 9.17) is 0 Å². The lowest BCUT2D eigenvalue weighted by molar-refractivity contribution is -0.137. The van der Waals surface area contributed by atoms with Crippen molar-refractivity contribution < 1.29 is 13.2 Å². The van der Waals surface area contributed by atoms with Crippen molar-refractivity contribution in [2.45, 2.75) is 38.8 Å². The third-order valence-electron chi connectivity index (χ3n) is 3.95. The number of hydrogen-bond acceptors (Lipinski definition) is 2. The van der Waals surface area contributed by atoms with Crippen molar-refractivity contribution in [2.24, 2.45) is 5.41 Å². The van der Waals surface area contributed by atoms with Crippen LogP contribution in [-0.4, -0.2) is 11.5 Å². The van der Waals surface area contributed by atoms with Crippen LogP contribution in [0.5, 0.6) is 0 Å². The predicted octanol–water partition coefficient (Wildman–Crippen LogP) is 4.86. The average Bonchev–Trinajstić information content (AvgIpc) is 2.28. The maximum Gasteiger partial charge on any atom is 0.419 e. The fourth-order valence-electron chi connectivity index (χ4n) is 2.40. The quantitative estimate of drug-likeness (QED) is 0.849. The third-order valence-corrected chi connectivity index (χ3v) is 4.39. The molecule has 1 aromatic heterocycles. The molecular weight excluding hydrogens is 321 g/mol. The smallest absolute Gasteiger partial charge is 0.369 e. The van der Waals surface area contributed by atoms with Gasteiger partial charge in [-0.15, -0.1) is 0 Å². The van der Waals surface area contributed by atoms with Gasteiger partial charge in [0.05, 0.1) is 5.56 Å². The van der Waals surface area contributed by atoms with Gasteiger partial charge in [-0.25, -0.2) is 4.98 Å². The van der Waals surface area contributed by atoms with Gasteiger partial charge in [0.15, 0.2) is 0 Å². The molecule has 0 saturated heterocycles. The van der Waals surface area contributed by atoms with Crippen molar-refractivity contribution in [2.75, 3.05) is 11.9 Å². The number of nitrogens with zero attached hydrogens (tertiary/aromatic N) is 1. The summed E-state index contributed by atoms with van der Waals surface area (Å²) in [6.07, 6.45) is 1.30. The molecule has 106 valence electrons. The Kier molecular flexibility index (Phi) is 4.08. The lowest BCUT2D eigenvalue weighted by Gasteiger charge is -2.41. The summed E-state index contributed by atoms with van der Waals surface area (Å²) in [5.41, 5.74) is -0.565. The van der Waals surface area contributed by atoms with Crippen molar-refractivity contribution in [3.8, 4) is 0 Å². The molecule has 1 N–H and O–H groups in total. The minimum atomic E-state index is -4.39. The first-order valence-corrected chi connectivity index (χ1v) is 7.12. The summed E-state index contributed by atoms with van der Waals surface area (Å²) in [5, 5.41) is 2.89. The van der Waals surface area contributed by atoms with Gasteiger partial charge in [0.1, 0.15) is 5.82 Å². The van der Waals surface area contributed by atoms with E-state index in [1.165, 1.54) is 6.20 Å². The number of pyridine rings is 1. The van der Waals surface area contributed by atoms with Crippen LogP contribution in [0.2, 0.25) is 0 Å². The summed E-state index contributed by atoms with van der Waals surface area (Å²) < 4.78 is 39.1. The Balaban J connectivity index is 2.16. The number of alkyl halides is 3. The zero-order chi connectivity index (χ0) is 14.1. The van der Waals surface area contributed by atoms with Gasteiger partial charge in [-0.1, -0.05) is 13.3 Å². The molecule has 0 radical (unpaired) electrons. The van der Waals surface area contributed by atoms with E-state index in [0.29, 0.717) is 11.0 Å². The standard InChI is InChI=1S/C13H16BrF3N2/c1-2-12(4-3-5-12)8-19-11-10(13(15,16)17)6-9(14)7-18-11/h6-7H,2-5,8H2,1H3,(H,18,19). The molecule has 0 aliphatic heterocycles. The first-order chi connectivity index (χ1) is 8.86. The molecule has 0 amide bonds. The molecule has 1 saturated carbocycles. The predicted molar refractivity (Wildman–Crippen MR) is 72.0 cm³/mol. The van der Waals surface area contributed by atoms with Crippen LogP contribution in [0.3, 0.4) is 0 Å². The Morgan fingerprint density at radius 3 is 2.58 bits per heavy atom. The van der Waals surface area contributed by atoms with Gasteiger partial charge in [-0.3, -0.25) is 0 Å². The van der Waals surface area contributed by atoms with Gasteiger partial charge in [-0.05, 0) is 46.7 Å². The van der Waals surface area contributed by atoms with Crippen molar-refractivity contribution in [1.29, 1.82) is 0 Å². The minimum absolute atomic E-state index is 0.0737. The van der Waals surface area contributed by atoms with E-state index in [0.717, 1.165) is 31.7 Å². The number of rotatable bonds is 4. The van der Waals surface area contributed by atoms with E-state index in [1.54, 1.807) is 0 Å². The van der Waals surface area contributed by atoms with Crippen molar-refractivity contribution in [3.05, 3.63) is 22.3 Å². The molecule has 1 aliphatic rings. The number of anilines is 1.